The third kappa shape index (κ3) is 4.14. The molecule has 0 saturated carbocycles. The molecule has 0 bridgehead atoms. The third-order valence-corrected chi connectivity index (χ3v) is 6.43. The Labute approximate surface area is 181 Å². The Kier molecular flexibility index (Phi) is 5.94. The van der Waals surface area contributed by atoms with Crippen LogP contribution in [0.1, 0.15) is 32.5 Å². The fourth-order valence-corrected chi connectivity index (χ4v) is 4.49. The molecule has 4 nitrogen and oxygen atoms in total. The summed E-state index contributed by atoms with van der Waals surface area (Å²) in [6, 6.07) is 10.7. The molecule has 0 N–H and O–H groups in total. The lowest BCUT2D eigenvalue weighted by Crippen LogP contribution is -2.42. The molecule has 3 aromatic rings. The molecule has 4 rings (SSSR count). The standard InChI is InChI=1S/C24H27ClFN3O/c1-15(2)28-10-4-5-17(13-28)14-29-16(3)27-23-9-7-18(11-20(23)24(29)30)19-6-8-21(25)22(26)12-19/h6-9,11-12,15,17H,4-5,10,13-14H2,1-3H3/t17-/m0/s1. The Morgan fingerprint density at radius 3 is 2.67 bits per heavy atom. The summed E-state index contributed by atoms with van der Waals surface area (Å²) in [7, 11) is 0. The Hall–Kier alpha value is -2.24. The molecule has 1 aliphatic rings. The Morgan fingerprint density at radius 2 is 1.93 bits per heavy atom. The second-order valence-electron chi connectivity index (χ2n) is 8.53. The van der Waals surface area contributed by atoms with E-state index in [0.717, 1.165) is 37.3 Å². The molecular formula is C24H27ClFN3O. The van der Waals surface area contributed by atoms with Crippen molar-refractivity contribution in [2.75, 3.05) is 13.1 Å². The summed E-state index contributed by atoms with van der Waals surface area (Å²) in [6.07, 6.45) is 2.28. The molecule has 1 atom stereocenters. The average Bonchev–Trinajstić information content (AvgIpc) is 2.73. The van der Waals surface area contributed by atoms with Gasteiger partial charge >= 0.3 is 0 Å². The predicted octanol–water partition coefficient (Wildman–Crippen LogP) is 5.28. The summed E-state index contributed by atoms with van der Waals surface area (Å²) >= 11 is 5.81. The number of fused-ring (bicyclic) bond motifs is 1. The maximum atomic E-state index is 13.9. The summed E-state index contributed by atoms with van der Waals surface area (Å²) < 4.78 is 15.7. The van der Waals surface area contributed by atoms with Crippen molar-refractivity contribution in [3.05, 3.63) is 63.4 Å². The summed E-state index contributed by atoms with van der Waals surface area (Å²) in [5.41, 5.74) is 2.09. The quantitative estimate of drug-likeness (QED) is 0.568. The minimum Gasteiger partial charge on any atom is -0.301 e. The molecule has 0 aliphatic carbocycles. The number of likely N-dealkylation sites (tertiary alicyclic amines) is 1. The highest BCUT2D eigenvalue weighted by molar-refractivity contribution is 6.30. The number of hydrogen-bond donors (Lipinski definition) is 0. The van der Waals surface area contributed by atoms with Gasteiger partial charge in [0.25, 0.3) is 5.56 Å². The molecule has 1 aliphatic heterocycles. The number of nitrogens with zero attached hydrogens (tertiary/aromatic N) is 3. The normalized spacial score (nSPS) is 17.7. The topological polar surface area (TPSA) is 38.1 Å². The van der Waals surface area contributed by atoms with Gasteiger partial charge in [0.15, 0.2) is 0 Å². The predicted molar refractivity (Wildman–Crippen MR) is 121 cm³/mol. The number of hydrogen-bond acceptors (Lipinski definition) is 3. The van der Waals surface area contributed by atoms with Crippen LogP contribution in [-0.2, 0) is 6.54 Å². The molecule has 2 heterocycles. The molecule has 0 spiro atoms. The summed E-state index contributed by atoms with van der Waals surface area (Å²) in [5.74, 6) is 0.700. The molecule has 158 valence electrons. The summed E-state index contributed by atoms with van der Waals surface area (Å²) in [4.78, 5) is 20.5. The van der Waals surface area contributed by atoms with E-state index >= 15 is 0 Å². The fourth-order valence-electron chi connectivity index (χ4n) is 4.38. The van der Waals surface area contributed by atoms with E-state index in [1.54, 1.807) is 6.07 Å². The molecular weight excluding hydrogens is 401 g/mol. The van der Waals surface area contributed by atoms with Gasteiger partial charge in [-0.1, -0.05) is 23.7 Å². The first-order valence-electron chi connectivity index (χ1n) is 10.5. The number of benzene rings is 2. The maximum absolute atomic E-state index is 13.9. The number of halogens is 2. The van der Waals surface area contributed by atoms with Crippen LogP contribution in [0.15, 0.2) is 41.2 Å². The van der Waals surface area contributed by atoms with Gasteiger partial charge in [-0.05, 0) is 81.5 Å². The highest BCUT2D eigenvalue weighted by atomic mass is 35.5. The zero-order valence-corrected chi connectivity index (χ0v) is 18.4. The van der Waals surface area contributed by atoms with Crippen molar-refractivity contribution >= 4 is 22.5 Å². The average molecular weight is 428 g/mol. The van der Waals surface area contributed by atoms with Crippen molar-refractivity contribution in [2.45, 2.75) is 46.2 Å². The van der Waals surface area contributed by atoms with Crippen molar-refractivity contribution in [3.63, 3.8) is 0 Å². The molecule has 6 heteroatoms. The number of piperidine rings is 1. The second kappa shape index (κ2) is 8.48. The van der Waals surface area contributed by atoms with E-state index in [1.807, 2.05) is 29.7 Å². The Morgan fingerprint density at radius 1 is 1.20 bits per heavy atom. The first kappa shape index (κ1) is 21.0. The van der Waals surface area contributed by atoms with Gasteiger partial charge in [-0.25, -0.2) is 9.37 Å². The first-order valence-corrected chi connectivity index (χ1v) is 10.9. The van der Waals surface area contributed by atoms with Crippen molar-refractivity contribution in [2.24, 2.45) is 5.92 Å². The molecule has 1 saturated heterocycles. The van der Waals surface area contributed by atoms with Crippen molar-refractivity contribution in [3.8, 4) is 11.1 Å². The van der Waals surface area contributed by atoms with E-state index < -0.39 is 5.82 Å². The van der Waals surface area contributed by atoms with Crippen LogP contribution in [-0.4, -0.2) is 33.6 Å². The lowest BCUT2D eigenvalue weighted by Gasteiger charge is -2.35. The summed E-state index contributed by atoms with van der Waals surface area (Å²) in [5, 5.41) is 0.645. The van der Waals surface area contributed by atoms with E-state index in [0.29, 0.717) is 35.0 Å². The Balaban J connectivity index is 1.70. The van der Waals surface area contributed by atoms with Crippen LogP contribution in [0.25, 0.3) is 22.0 Å². The Bertz CT molecular complexity index is 1140. The molecule has 2 aromatic carbocycles. The van der Waals surface area contributed by atoms with Crippen molar-refractivity contribution < 1.29 is 4.39 Å². The van der Waals surface area contributed by atoms with E-state index in [1.165, 1.54) is 12.1 Å². The molecule has 0 unspecified atom stereocenters. The van der Waals surface area contributed by atoms with E-state index in [4.69, 9.17) is 11.6 Å². The fraction of sp³-hybridized carbons (Fsp3) is 0.417. The van der Waals surface area contributed by atoms with Crippen molar-refractivity contribution in [1.29, 1.82) is 0 Å². The second-order valence-corrected chi connectivity index (χ2v) is 8.94. The van der Waals surface area contributed by atoms with Crippen LogP contribution in [0, 0.1) is 18.7 Å². The van der Waals surface area contributed by atoms with Crippen molar-refractivity contribution in [1.82, 2.24) is 14.5 Å². The van der Waals surface area contributed by atoms with Gasteiger partial charge in [-0.15, -0.1) is 0 Å². The molecule has 1 aromatic heterocycles. The third-order valence-electron chi connectivity index (χ3n) is 6.12. The highest BCUT2D eigenvalue weighted by Crippen LogP contribution is 2.26. The zero-order valence-electron chi connectivity index (χ0n) is 17.7. The largest absolute Gasteiger partial charge is 0.301 e. The van der Waals surface area contributed by atoms with Gasteiger partial charge in [-0.3, -0.25) is 9.36 Å². The van der Waals surface area contributed by atoms with Crippen LogP contribution < -0.4 is 5.56 Å². The first-order chi connectivity index (χ1) is 14.3. The minimum atomic E-state index is -0.472. The number of rotatable bonds is 4. The van der Waals surface area contributed by atoms with Crippen LogP contribution in [0.4, 0.5) is 4.39 Å². The van der Waals surface area contributed by atoms with Crippen LogP contribution in [0.5, 0.6) is 0 Å². The zero-order chi connectivity index (χ0) is 21.4. The van der Waals surface area contributed by atoms with Gasteiger partial charge in [-0.2, -0.15) is 0 Å². The smallest absolute Gasteiger partial charge is 0.261 e. The maximum Gasteiger partial charge on any atom is 0.261 e. The molecule has 30 heavy (non-hydrogen) atoms. The van der Waals surface area contributed by atoms with E-state index in [9.17, 15) is 9.18 Å². The lowest BCUT2D eigenvalue weighted by atomic mass is 9.96. The molecule has 0 radical (unpaired) electrons. The molecule has 1 fully saturated rings. The monoisotopic (exact) mass is 427 g/mol. The van der Waals surface area contributed by atoms with Gasteiger partial charge in [0.1, 0.15) is 11.6 Å². The SMILES string of the molecule is Cc1nc2ccc(-c3ccc(Cl)c(F)c3)cc2c(=O)n1C[C@H]1CCCN(C(C)C)C1. The van der Waals surface area contributed by atoms with Crippen LogP contribution in [0.3, 0.4) is 0 Å². The highest BCUT2D eigenvalue weighted by Gasteiger charge is 2.23. The lowest BCUT2D eigenvalue weighted by molar-refractivity contribution is 0.129. The van der Waals surface area contributed by atoms with E-state index in [2.05, 4.69) is 23.7 Å². The van der Waals surface area contributed by atoms with Gasteiger partial charge < -0.3 is 4.90 Å². The van der Waals surface area contributed by atoms with Crippen LogP contribution >= 0.6 is 11.6 Å². The van der Waals surface area contributed by atoms with Gasteiger partial charge in [0, 0.05) is 19.1 Å². The number of aromatic nitrogens is 2. The van der Waals surface area contributed by atoms with Gasteiger partial charge in [0.05, 0.1) is 15.9 Å². The van der Waals surface area contributed by atoms with Crippen LogP contribution in [0.2, 0.25) is 5.02 Å². The minimum absolute atomic E-state index is 0.0320. The molecule has 0 amide bonds. The van der Waals surface area contributed by atoms with E-state index in [-0.39, 0.29) is 10.6 Å². The summed E-state index contributed by atoms with van der Waals surface area (Å²) in [6.45, 7) is 9.14. The van der Waals surface area contributed by atoms with Gasteiger partial charge in [0.2, 0.25) is 0 Å². The number of aryl methyl sites for hydroxylation is 1.